The summed E-state index contributed by atoms with van der Waals surface area (Å²) < 4.78 is 2.04. The summed E-state index contributed by atoms with van der Waals surface area (Å²) in [5, 5.41) is 1.12. The van der Waals surface area contributed by atoms with Crippen LogP contribution in [0.5, 0.6) is 0 Å². The van der Waals surface area contributed by atoms with Gasteiger partial charge in [-0.05, 0) is 43.2 Å². The Bertz CT molecular complexity index is 967. The molecule has 21 heavy (non-hydrogen) atoms. The van der Waals surface area contributed by atoms with Gasteiger partial charge in [0.2, 0.25) is 0 Å². The molecule has 3 nitrogen and oxygen atoms in total. The van der Waals surface area contributed by atoms with Crippen LogP contribution >= 0.6 is 0 Å². The molecule has 0 N–H and O–H groups in total. The average molecular weight is 273 g/mol. The molecule has 0 aliphatic rings. The van der Waals surface area contributed by atoms with Gasteiger partial charge in [0.25, 0.3) is 0 Å². The molecule has 0 radical (unpaired) electrons. The van der Waals surface area contributed by atoms with Gasteiger partial charge in [-0.15, -0.1) is 0 Å². The number of benzene rings is 1. The van der Waals surface area contributed by atoms with Crippen LogP contribution in [-0.2, 0) is 0 Å². The SMILES string of the molecule is Cc1cnc(-c2cccc3cn4cccc4nc23)cc1C. The van der Waals surface area contributed by atoms with E-state index in [1.54, 1.807) is 0 Å². The van der Waals surface area contributed by atoms with Crippen molar-refractivity contribution >= 4 is 16.6 Å². The van der Waals surface area contributed by atoms with Crippen LogP contribution in [0, 0.1) is 13.8 Å². The molecule has 0 aliphatic carbocycles. The number of aryl methyl sites for hydroxylation is 2. The van der Waals surface area contributed by atoms with Gasteiger partial charge in [-0.2, -0.15) is 0 Å². The van der Waals surface area contributed by atoms with Gasteiger partial charge < -0.3 is 4.40 Å². The molecule has 3 heteroatoms. The van der Waals surface area contributed by atoms with Crippen molar-refractivity contribution in [2.75, 3.05) is 0 Å². The van der Waals surface area contributed by atoms with E-state index in [9.17, 15) is 0 Å². The molecule has 0 spiro atoms. The lowest BCUT2D eigenvalue weighted by Gasteiger charge is -2.08. The molecule has 0 bridgehead atoms. The van der Waals surface area contributed by atoms with Crippen LogP contribution in [0.15, 0.2) is 55.0 Å². The van der Waals surface area contributed by atoms with E-state index in [2.05, 4.69) is 49.3 Å². The molecule has 4 aromatic rings. The predicted molar refractivity (Wildman–Crippen MR) is 85.4 cm³/mol. The van der Waals surface area contributed by atoms with Crippen molar-refractivity contribution in [3.05, 3.63) is 66.1 Å². The fourth-order valence-electron chi connectivity index (χ4n) is 2.62. The first-order valence-electron chi connectivity index (χ1n) is 7.02. The van der Waals surface area contributed by atoms with E-state index < -0.39 is 0 Å². The Morgan fingerprint density at radius 1 is 1.00 bits per heavy atom. The van der Waals surface area contributed by atoms with Crippen molar-refractivity contribution in [3.8, 4) is 11.3 Å². The zero-order chi connectivity index (χ0) is 14.4. The molecule has 0 saturated carbocycles. The topological polar surface area (TPSA) is 30.2 Å². The highest BCUT2D eigenvalue weighted by molar-refractivity contribution is 5.93. The first-order chi connectivity index (χ1) is 10.2. The van der Waals surface area contributed by atoms with E-state index >= 15 is 0 Å². The molecular weight excluding hydrogens is 258 g/mol. The lowest BCUT2D eigenvalue weighted by atomic mass is 10.0. The second kappa shape index (κ2) is 4.42. The van der Waals surface area contributed by atoms with Gasteiger partial charge in [0.05, 0.1) is 11.2 Å². The number of hydrogen-bond donors (Lipinski definition) is 0. The Balaban J connectivity index is 2.04. The summed E-state index contributed by atoms with van der Waals surface area (Å²) in [5.74, 6) is 0. The van der Waals surface area contributed by atoms with Gasteiger partial charge in [0.1, 0.15) is 5.65 Å². The highest BCUT2D eigenvalue weighted by atomic mass is 15.0. The summed E-state index contributed by atoms with van der Waals surface area (Å²) >= 11 is 0. The Hall–Kier alpha value is -2.68. The molecule has 102 valence electrons. The quantitative estimate of drug-likeness (QED) is 0.521. The number of fused-ring (bicyclic) bond motifs is 2. The first kappa shape index (κ1) is 12.1. The minimum absolute atomic E-state index is 0.957. The number of rotatable bonds is 1. The largest absolute Gasteiger partial charge is 0.308 e. The van der Waals surface area contributed by atoms with Gasteiger partial charge >= 0.3 is 0 Å². The summed E-state index contributed by atoms with van der Waals surface area (Å²) in [7, 11) is 0. The molecule has 3 aromatic heterocycles. The fraction of sp³-hybridized carbons (Fsp3) is 0.111. The second-order valence-electron chi connectivity index (χ2n) is 5.41. The maximum Gasteiger partial charge on any atom is 0.137 e. The third kappa shape index (κ3) is 1.89. The van der Waals surface area contributed by atoms with Crippen molar-refractivity contribution in [3.63, 3.8) is 0 Å². The van der Waals surface area contributed by atoms with E-state index in [4.69, 9.17) is 4.98 Å². The third-order valence-corrected chi connectivity index (χ3v) is 3.98. The van der Waals surface area contributed by atoms with Crippen molar-refractivity contribution in [1.29, 1.82) is 0 Å². The lowest BCUT2D eigenvalue weighted by molar-refractivity contribution is 1.17. The standard InChI is InChI=1S/C18H15N3/c1-12-9-16(19-10-13(12)2)15-6-3-5-14-11-21-8-4-7-17(21)20-18(14)15/h3-11H,1-2H3. The van der Waals surface area contributed by atoms with Gasteiger partial charge in [0.15, 0.2) is 0 Å². The lowest BCUT2D eigenvalue weighted by Crippen LogP contribution is -1.93. The number of nitrogens with zero attached hydrogens (tertiary/aromatic N) is 3. The molecule has 0 atom stereocenters. The highest BCUT2D eigenvalue weighted by Crippen LogP contribution is 2.27. The molecule has 1 aromatic carbocycles. The number of hydrogen-bond acceptors (Lipinski definition) is 2. The molecule has 0 saturated heterocycles. The Labute approximate surface area is 122 Å². The van der Waals surface area contributed by atoms with E-state index in [1.165, 1.54) is 11.1 Å². The summed E-state index contributed by atoms with van der Waals surface area (Å²) in [5.41, 5.74) is 6.48. The van der Waals surface area contributed by atoms with E-state index in [0.29, 0.717) is 0 Å². The molecule has 4 rings (SSSR count). The number of para-hydroxylation sites is 1. The molecule has 0 aliphatic heterocycles. The average Bonchev–Trinajstić information content (AvgIpc) is 2.94. The third-order valence-electron chi connectivity index (χ3n) is 3.98. The van der Waals surface area contributed by atoms with Crippen molar-refractivity contribution < 1.29 is 0 Å². The Morgan fingerprint density at radius 3 is 2.76 bits per heavy atom. The van der Waals surface area contributed by atoms with Crippen molar-refractivity contribution in [2.45, 2.75) is 13.8 Å². The van der Waals surface area contributed by atoms with Crippen LogP contribution in [-0.4, -0.2) is 14.4 Å². The van der Waals surface area contributed by atoms with E-state index in [-0.39, 0.29) is 0 Å². The molecular formula is C18H15N3. The first-order valence-corrected chi connectivity index (χ1v) is 7.02. The van der Waals surface area contributed by atoms with Crippen LogP contribution in [0.2, 0.25) is 0 Å². The predicted octanol–water partition coefficient (Wildman–Crippen LogP) is 4.17. The van der Waals surface area contributed by atoms with E-state index in [0.717, 1.165) is 27.8 Å². The fourth-order valence-corrected chi connectivity index (χ4v) is 2.62. The summed E-state index contributed by atoms with van der Waals surface area (Å²) in [6, 6.07) is 12.4. The number of pyridine rings is 1. The Kier molecular flexibility index (Phi) is 2.54. The van der Waals surface area contributed by atoms with Crippen LogP contribution in [0.3, 0.4) is 0 Å². The maximum absolute atomic E-state index is 4.79. The molecule has 3 heterocycles. The van der Waals surface area contributed by atoms with E-state index in [1.807, 2.05) is 28.9 Å². The van der Waals surface area contributed by atoms with Gasteiger partial charge in [0, 0.05) is 29.5 Å². The minimum Gasteiger partial charge on any atom is -0.308 e. The van der Waals surface area contributed by atoms with Crippen LogP contribution in [0.25, 0.3) is 27.8 Å². The van der Waals surface area contributed by atoms with Crippen LogP contribution in [0.4, 0.5) is 0 Å². The molecule has 0 unspecified atom stereocenters. The zero-order valence-corrected chi connectivity index (χ0v) is 12.0. The summed E-state index contributed by atoms with van der Waals surface area (Å²) in [6.45, 7) is 4.20. The highest BCUT2D eigenvalue weighted by Gasteiger charge is 2.08. The van der Waals surface area contributed by atoms with Crippen molar-refractivity contribution in [2.24, 2.45) is 0 Å². The van der Waals surface area contributed by atoms with Gasteiger partial charge in [-0.3, -0.25) is 4.98 Å². The monoisotopic (exact) mass is 273 g/mol. The molecule has 0 amide bonds. The number of aromatic nitrogens is 3. The van der Waals surface area contributed by atoms with Crippen molar-refractivity contribution in [1.82, 2.24) is 14.4 Å². The van der Waals surface area contributed by atoms with Gasteiger partial charge in [-0.25, -0.2) is 4.98 Å². The minimum atomic E-state index is 0.957. The normalized spacial score (nSPS) is 11.3. The smallest absolute Gasteiger partial charge is 0.137 e. The van der Waals surface area contributed by atoms with Crippen LogP contribution in [0.1, 0.15) is 11.1 Å². The molecule has 0 fully saturated rings. The van der Waals surface area contributed by atoms with Crippen LogP contribution < -0.4 is 0 Å². The Morgan fingerprint density at radius 2 is 1.90 bits per heavy atom. The van der Waals surface area contributed by atoms with Gasteiger partial charge in [-0.1, -0.05) is 18.2 Å². The maximum atomic E-state index is 4.79. The second-order valence-corrected chi connectivity index (χ2v) is 5.41. The zero-order valence-electron chi connectivity index (χ0n) is 12.0. The summed E-state index contributed by atoms with van der Waals surface area (Å²) in [4.78, 5) is 9.37. The summed E-state index contributed by atoms with van der Waals surface area (Å²) in [6.07, 6.45) is 6.06.